The maximum absolute atomic E-state index is 12.3. The van der Waals surface area contributed by atoms with Gasteiger partial charge in [0.25, 0.3) is 0 Å². The second-order valence-electron chi connectivity index (χ2n) is 6.79. The number of likely N-dealkylation sites (tertiary alicyclic amines) is 1. The van der Waals surface area contributed by atoms with Crippen LogP contribution in [0, 0.1) is 5.92 Å². The van der Waals surface area contributed by atoms with Crippen molar-refractivity contribution in [3.63, 3.8) is 0 Å². The zero-order chi connectivity index (χ0) is 19.6. The van der Waals surface area contributed by atoms with Crippen LogP contribution < -0.4 is 0 Å². The molecule has 28 heavy (non-hydrogen) atoms. The molecule has 4 heteroatoms. The number of ether oxygens (including phenoxy) is 1. The molecule has 3 rings (SSSR count). The number of rotatable bonds is 6. The van der Waals surface area contributed by atoms with Crippen molar-refractivity contribution in [2.45, 2.75) is 12.8 Å². The third-order valence-electron chi connectivity index (χ3n) is 4.79. The van der Waals surface area contributed by atoms with Crippen molar-refractivity contribution >= 4 is 24.0 Å². The van der Waals surface area contributed by atoms with Gasteiger partial charge in [-0.1, -0.05) is 66.7 Å². The monoisotopic (exact) mass is 375 g/mol. The second kappa shape index (κ2) is 10.3. The third-order valence-corrected chi connectivity index (χ3v) is 4.79. The molecule has 2 aromatic carbocycles. The first-order chi connectivity index (χ1) is 13.7. The molecule has 0 N–H and O–H groups in total. The third kappa shape index (κ3) is 5.95. The number of nitrogens with zero attached hydrogens (tertiary/aromatic N) is 1. The van der Waals surface area contributed by atoms with E-state index in [2.05, 4.69) is 0 Å². The summed E-state index contributed by atoms with van der Waals surface area (Å²) in [4.78, 5) is 26.3. The molecule has 144 valence electrons. The summed E-state index contributed by atoms with van der Waals surface area (Å²) in [5.74, 6) is -0.321. The van der Waals surface area contributed by atoms with Gasteiger partial charge in [0.2, 0.25) is 5.91 Å². The van der Waals surface area contributed by atoms with Gasteiger partial charge in [0.05, 0.1) is 5.92 Å². The van der Waals surface area contributed by atoms with E-state index in [-0.39, 0.29) is 24.4 Å². The molecule has 0 atom stereocenters. The zero-order valence-corrected chi connectivity index (χ0v) is 15.9. The van der Waals surface area contributed by atoms with Gasteiger partial charge < -0.3 is 9.64 Å². The molecule has 1 aliphatic heterocycles. The minimum atomic E-state index is -0.176. The Hall–Kier alpha value is -3.14. The van der Waals surface area contributed by atoms with E-state index < -0.39 is 0 Å². The Kier molecular flexibility index (Phi) is 7.19. The molecule has 0 aromatic heterocycles. The van der Waals surface area contributed by atoms with Crippen molar-refractivity contribution in [1.29, 1.82) is 0 Å². The maximum atomic E-state index is 12.3. The standard InChI is InChI=1S/C24H25NO3/c26-23(14-13-21-10-5-2-6-11-21)25-17-15-22(16-18-25)24(27)28-19-7-12-20-8-3-1-4-9-20/h1-14,22H,15-19H2/b12-7+,14-13+. The molecule has 0 radical (unpaired) electrons. The fourth-order valence-corrected chi connectivity index (χ4v) is 3.17. The molecule has 4 nitrogen and oxygen atoms in total. The van der Waals surface area contributed by atoms with Gasteiger partial charge in [-0.3, -0.25) is 9.59 Å². The summed E-state index contributed by atoms with van der Waals surface area (Å²) >= 11 is 0. The van der Waals surface area contributed by atoms with Crippen LogP contribution in [0.25, 0.3) is 12.2 Å². The second-order valence-corrected chi connectivity index (χ2v) is 6.79. The van der Waals surface area contributed by atoms with Gasteiger partial charge in [0, 0.05) is 19.2 Å². The normalized spacial score (nSPS) is 15.2. The van der Waals surface area contributed by atoms with E-state index >= 15 is 0 Å². The first-order valence-corrected chi connectivity index (χ1v) is 9.62. The Labute approximate surface area is 166 Å². The van der Waals surface area contributed by atoms with Crippen molar-refractivity contribution in [1.82, 2.24) is 4.90 Å². The van der Waals surface area contributed by atoms with Crippen LogP contribution in [-0.4, -0.2) is 36.5 Å². The minimum Gasteiger partial charge on any atom is -0.461 e. The van der Waals surface area contributed by atoms with E-state index in [1.807, 2.05) is 78.9 Å². The highest BCUT2D eigenvalue weighted by atomic mass is 16.5. The Balaban J connectivity index is 1.39. The van der Waals surface area contributed by atoms with E-state index in [4.69, 9.17) is 4.74 Å². The number of benzene rings is 2. The van der Waals surface area contributed by atoms with Gasteiger partial charge in [-0.2, -0.15) is 0 Å². The fraction of sp³-hybridized carbons (Fsp3) is 0.250. The van der Waals surface area contributed by atoms with Crippen LogP contribution in [0.5, 0.6) is 0 Å². The molecular weight excluding hydrogens is 350 g/mol. The molecule has 1 fully saturated rings. The highest BCUT2D eigenvalue weighted by Crippen LogP contribution is 2.19. The van der Waals surface area contributed by atoms with Crippen molar-refractivity contribution in [2.75, 3.05) is 19.7 Å². The molecule has 1 amide bonds. The summed E-state index contributed by atoms with van der Waals surface area (Å²) in [7, 11) is 0. The predicted molar refractivity (Wildman–Crippen MR) is 111 cm³/mol. The molecule has 1 saturated heterocycles. The molecule has 0 spiro atoms. The summed E-state index contributed by atoms with van der Waals surface area (Å²) in [6, 6.07) is 19.6. The number of amides is 1. The molecule has 0 unspecified atom stereocenters. The number of hydrogen-bond acceptors (Lipinski definition) is 3. The zero-order valence-electron chi connectivity index (χ0n) is 15.9. The smallest absolute Gasteiger partial charge is 0.309 e. The van der Waals surface area contributed by atoms with Gasteiger partial charge in [-0.05, 0) is 36.1 Å². The van der Waals surface area contributed by atoms with Crippen LogP contribution in [0.15, 0.2) is 72.8 Å². The fourth-order valence-electron chi connectivity index (χ4n) is 3.17. The van der Waals surface area contributed by atoms with Crippen molar-refractivity contribution in [3.8, 4) is 0 Å². The molecule has 2 aromatic rings. The summed E-state index contributed by atoms with van der Waals surface area (Å²) in [5, 5.41) is 0. The van der Waals surface area contributed by atoms with Crippen molar-refractivity contribution < 1.29 is 14.3 Å². The predicted octanol–water partition coefficient (Wildman–Crippen LogP) is 4.20. The first kappa shape index (κ1) is 19.6. The average molecular weight is 375 g/mol. The summed E-state index contributed by atoms with van der Waals surface area (Å²) in [6.07, 6.45) is 8.50. The summed E-state index contributed by atoms with van der Waals surface area (Å²) in [6.45, 7) is 1.43. The lowest BCUT2D eigenvalue weighted by Crippen LogP contribution is -2.39. The van der Waals surface area contributed by atoms with E-state index in [0.29, 0.717) is 25.9 Å². The van der Waals surface area contributed by atoms with E-state index in [1.54, 1.807) is 11.0 Å². The maximum Gasteiger partial charge on any atom is 0.309 e. The highest BCUT2D eigenvalue weighted by molar-refractivity contribution is 5.92. The van der Waals surface area contributed by atoms with Crippen molar-refractivity contribution in [3.05, 3.63) is 83.9 Å². The number of hydrogen-bond donors (Lipinski definition) is 0. The molecule has 0 saturated carbocycles. The minimum absolute atomic E-state index is 0.0125. The molecule has 0 aliphatic carbocycles. The molecule has 1 heterocycles. The Bertz CT molecular complexity index is 819. The lowest BCUT2D eigenvalue weighted by molar-refractivity contribution is -0.150. The van der Waals surface area contributed by atoms with E-state index in [9.17, 15) is 9.59 Å². The number of esters is 1. The Morgan fingerprint density at radius 2 is 1.46 bits per heavy atom. The van der Waals surface area contributed by atoms with Gasteiger partial charge in [-0.15, -0.1) is 0 Å². The quantitative estimate of drug-likeness (QED) is 0.562. The number of carbonyl (C=O) groups is 2. The van der Waals surface area contributed by atoms with E-state index in [0.717, 1.165) is 11.1 Å². The van der Waals surface area contributed by atoms with Gasteiger partial charge >= 0.3 is 5.97 Å². The van der Waals surface area contributed by atoms with Crippen LogP contribution in [0.2, 0.25) is 0 Å². The molecule has 1 aliphatic rings. The lowest BCUT2D eigenvalue weighted by Gasteiger charge is -2.30. The largest absolute Gasteiger partial charge is 0.461 e. The topological polar surface area (TPSA) is 46.6 Å². The number of carbonyl (C=O) groups excluding carboxylic acids is 2. The highest BCUT2D eigenvalue weighted by Gasteiger charge is 2.27. The van der Waals surface area contributed by atoms with Gasteiger partial charge in [0.1, 0.15) is 6.61 Å². The van der Waals surface area contributed by atoms with Crippen LogP contribution in [0.3, 0.4) is 0 Å². The van der Waals surface area contributed by atoms with Crippen LogP contribution in [0.1, 0.15) is 24.0 Å². The van der Waals surface area contributed by atoms with E-state index in [1.165, 1.54) is 0 Å². The molecular formula is C24H25NO3. The molecule has 0 bridgehead atoms. The Morgan fingerprint density at radius 1 is 0.893 bits per heavy atom. The first-order valence-electron chi connectivity index (χ1n) is 9.62. The Morgan fingerprint density at radius 3 is 2.07 bits per heavy atom. The summed E-state index contributed by atoms with van der Waals surface area (Å²) < 4.78 is 5.36. The van der Waals surface area contributed by atoms with Gasteiger partial charge in [-0.25, -0.2) is 0 Å². The average Bonchev–Trinajstić information content (AvgIpc) is 2.76. The lowest BCUT2D eigenvalue weighted by atomic mass is 9.97. The van der Waals surface area contributed by atoms with Crippen LogP contribution in [-0.2, 0) is 14.3 Å². The van der Waals surface area contributed by atoms with Gasteiger partial charge in [0.15, 0.2) is 0 Å². The van der Waals surface area contributed by atoms with Crippen LogP contribution in [0.4, 0.5) is 0 Å². The van der Waals surface area contributed by atoms with Crippen LogP contribution >= 0.6 is 0 Å². The summed E-state index contributed by atoms with van der Waals surface area (Å²) in [5.41, 5.74) is 2.08. The number of piperidine rings is 1. The SMILES string of the molecule is O=C(OC/C=C/c1ccccc1)C1CCN(C(=O)/C=C/c2ccccc2)CC1. The van der Waals surface area contributed by atoms with Crippen molar-refractivity contribution in [2.24, 2.45) is 5.92 Å².